The molecule has 0 spiro atoms. The highest BCUT2D eigenvalue weighted by atomic mass is 32.2. The van der Waals surface area contributed by atoms with Crippen molar-refractivity contribution in [2.75, 3.05) is 5.32 Å². The first-order valence-electron chi connectivity index (χ1n) is 6.45. The zero-order chi connectivity index (χ0) is 15.0. The van der Waals surface area contributed by atoms with Gasteiger partial charge in [0.25, 0.3) is 10.0 Å². The number of para-hydroxylation sites is 1. The number of rotatable bonds is 2. The molecule has 0 atom stereocenters. The maximum Gasteiger partial charge on any atom is 0.285 e. The van der Waals surface area contributed by atoms with Crippen molar-refractivity contribution in [1.29, 1.82) is 0 Å². The van der Waals surface area contributed by atoms with E-state index in [-0.39, 0.29) is 4.90 Å². The second-order valence-corrected chi connectivity index (χ2v) is 6.43. The number of hydrogen-bond acceptors (Lipinski definition) is 3. The molecule has 1 heterocycles. The molecule has 1 aliphatic rings. The largest absolute Gasteiger partial charge is 0.339 e. The van der Waals surface area contributed by atoms with Gasteiger partial charge in [0.1, 0.15) is 4.90 Å². The molecule has 3 rings (SSSR count). The number of amidine groups is 1. The molecule has 0 bridgehead atoms. The first kappa shape index (κ1) is 13.6. The van der Waals surface area contributed by atoms with Crippen LogP contribution in [0.4, 0.5) is 5.69 Å². The van der Waals surface area contributed by atoms with E-state index in [0.29, 0.717) is 11.4 Å². The molecule has 0 unspecified atom stereocenters. The number of anilines is 1. The van der Waals surface area contributed by atoms with Crippen LogP contribution in [-0.2, 0) is 10.0 Å². The summed E-state index contributed by atoms with van der Waals surface area (Å²) in [5.41, 5.74) is 3.21. The molecule has 2 aromatic carbocycles. The summed E-state index contributed by atoms with van der Waals surface area (Å²) in [4.78, 5) is 0.236. The van der Waals surface area contributed by atoms with Gasteiger partial charge in [-0.1, -0.05) is 36.9 Å². The lowest BCUT2D eigenvalue weighted by molar-refractivity contribution is 0.599. The number of nitrogens with one attached hydrogen (secondary N) is 1. The Bertz CT molecular complexity index is 867. The Morgan fingerprint density at radius 1 is 1.10 bits per heavy atom. The van der Waals surface area contributed by atoms with Crippen LogP contribution >= 0.6 is 0 Å². The van der Waals surface area contributed by atoms with Gasteiger partial charge >= 0.3 is 0 Å². The fourth-order valence-corrected chi connectivity index (χ4v) is 3.46. The van der Waals surface area contributed by atoms with Gasteiger partial charge in [0, 0.05) is 16.8 Å². The lowest BCUT2D eigenvalue weighted by Gasteiger charge is -2.11. The summed E-state index contributed by atoms with van der Waals surface area (Å²) < 4.78 is 27.9. The highest BCUT2D eigenvalue weighted by molar-refractivity contribution is 7.90. The average molecular weight is 298 g/mol. The molecule has 0 radical (unpaired) electrons. The summed E-state index contributed by atoms with van der Waals surface area (Å²) in [6, 6.07) is 14.4. The first-order valence-corrected chi connectivity index (χ1v) is 7.89. The number of hydrogen-bond donors (Lipinski definition) is 1. The monoisotopic (exact) mass is 298 g/mol. The van der Waals surface area contributed by atoms with E-state index in [1.807, 2.05) is 31.2 Å². The number of nitrogens with zero attached hydrogens (tertiary/aromatic N) is 1. The van der Waals surface area contributed by atoms with Gasteiger partial charge in [0.15, 0.2) is 5.84 Å². The fraction of sp³-hybridized carbons (Fsp3) is 0.0625. The normalized spacial score (nSPS) is 15.2. The molecule has 0 fully saturated rings. The van der Waals surface area contributed by atoms with E-state index in [4.69, 9.17) is 0 Å². The maximum absolute atomic E-state index is 12.0. The second-order valence-electron chi connectivity index (χ2n) is 4.86. The molecular formula is C16H14N2O2S. The third-order valence-electron chi connectivity index (χ3n) is 3.27. The van der Waals surface area contributed by atoms with Crippen LogP contribution < -0.4 is 5.32 Å². The Morgan fingerprint density at radius 2 is 1.76 bits per heavy atom. The van der Waals surface area contributed by atoms with Gasteiger partial charge in [-0.25, -0.2) is 0 Å². The van der Waals surface area contributed by atoms with E-state index in [1.165, 1.54) is 0 Å². The summed E-state index contributed by atoms with van der Waals surface area (Å²) in [7, 11) is -3.60. The summed E-state index contributed by atoms with van der Waals surface area (Å²) in [6.07, 6.45) is 0. The van der Waals surface area contributed by atoms with Gasteiger partial charge in [-0.2, -0.15) is 8.42 Å². The first-order chi connectivity index (χ1) is 9.99. The quantitative estimate of drug-likeness (QED) is 0.925. The van der Waals surface area contributed by atoms with Gasteiger partial charge in [0.2, 0.25) is 0 Å². The summed E-state index contributed by atoms with van der Waals surface area (Å²) in [5.74, 6) is 0.347. The molecule has 4 nitrogen and oxygen atoms in total. The molecule has 2 aromatic rings. The van der Waals surface area contributed by atoms with Crippen LogP contribution in [0.25, 0.3) is 5.57 Å². The Morgan fingerprint density at radius 3 is 2.52 bits per heavy atom. The van der Waals surface area contributed by atoms with Crippen LogP contribution in [0.3, 0.4) is 0 Å². The van der Waals surface area contributed by atoms with Crippen molar-refractivity contribution in [2.45, 2.75) is 11.8 Å². The van der Waals surface area contributed by atoms with E-state index in [1.54, 1.807) is 24.3 Å². The second kappa shape index (κ2) is 4.86. The van der Waals surface area contributed by atoms with Gasteiger partial charge < -0.3 is 5.32 Å². The Labute approximate surface area is 123 Å². The third-order valence-corrected chi connectivity index (χ3v) is 4.61. The molecular weight excluding hydrogens is 284 g/mol. The molecule has 0 saturated carbocycles. The van der Waals surface area contributed by atoms with Crippen LogP contribution in [0.2, 0.25) is 0 Å². The van der Waals surface area contributed by atoms with Crippen molar-refractivity contribution in [1.82, 2.24) is 0 Å². The molecule has 5 heteroatoms. The topological polar surface area (TPSA) is 58.5 Å². The van der Waals surface area contributed by atoms with E-state index in [2.05, 4.69) is 16.3 Å². The minimum Gasteiger partial charge on any atom is -0.339 e. The molecule has 21 heavy (non-hydrogen) atoms. The zero-order valence-corrected chi connectivity index (χ0v) is 12.3. The molecule has 0 amide bonds. The molecule has 1 aliphatic heterocycles. The number of sulfonamides is 1. The van der Waals surface area contributed by atoms with Crippen molar-refractivity contribution in [3.8, 4) is 0 Å². The van der Waals surface area contributed by atoms with Crippen molar-refractivity contribution in [3.05, 3.63) is 66.2 Å². The maximum atomic E-state index is 12.0. The molecule has 0 saturated heterocycles. The molecule has 106 valence electrons. The van der Waals surface area contributed by atoms with Crippen molar-refractivity contribution in [2.24, 2.45) is 4.40 Å². The van der Waals surface area contributed by atoms with E-state index in [9.17, 15) is 8.42 Å². The lowest BCUT2D eigenvalue weighted by atomic mass is 10.1. The predicted octanol–water partition coefficient (Wildman–Crippen LogP) is 3.28. The van der Waals surface area contributed by atoms with Crippen LogP contribution in [-0.4, -0.2) is 14.3 Å². The van der Waals surface area contributed by atoms with Crippen LogP contribution in [0, 0.1) is 0 Å². The van der Waals surface area contributed by atoms with Gasteiger partial charge in [-0.3, -0.25) is 0 Å². The minimum atomic E-state index is -3.60. The highest BCUT2D eigenvalue weighted by Crippen LogP contribution is 2.28. The van der Waals surface area contributed by atoms with Crippen LogP contribution in [0.1, 0.15) is 18.1 Å². The summed E-state index contributed by atoms with van der Waals surface area (Å²) >= 11 is 0. The van der Waals surface area contributed by atoms with Gasteiger partial charge in [-0.15, -0.1) is 4.40 Å². The third kappa shape index (κ3) is 2.36. The summed E-state index contributed by atoms with van der Waals surface area (Å²) in [6.45, 7) is 5.84. The van der Waals surface area contributed by atoms with E-state index in [0.717, 1.165) is 16.8 Å². The van der Waals surface area contributed by atoms with Gasteiger partial charge in [0.05, 0.1) is 0 Å². The number of fused-ring (bicyclic) bond motifs is 1. The van der Waals surface area contributed by atoms with Crippen LogP contribution in [0.15, 0.2) is 64.4 Å². The molecule has 0 aliphatic carbocycles. The lowest BCUT2D eigenvalue weighted by Crippen LogP contribution is -2.12. The van der Waals surface area contributed by atoms with Crippen molar-refractivity contribution in [3.63, 3.8) is 0 Å². The van der Waals surface area contributed by atoms with Gasteiger partial charge in [-0.05, 0) is 30.7 Å². The van der Waals surface area contributed by atoms with Crippen molar-refractivity contribution < 1.29 is 8.42 Å². The van der Waals surface area contributed by atoms with E-state index >= 15 is 0 Å². The predicted molar refractivity (Wildman–Crippen MR) is 84.9 cm³/mol. The highest BCUT2D eigenvalue weighted by Gasteiger charge is 2.28. The molecule has 1 N–H and O–H groups in total. The minimum absolute atomic E-state index is 0.236. The average Bonchev–Trinajstić information content (AvgIpc) is 2.71. The Hall–Kier alpha value is -2.40. The smallest absolute Gasteiger partial charge is 0.285 e. The Kier molecular flexibility index (Phi) is 3.14. The number of benzene rings is 2. The standard InChI is InChI=1S/C16H14N2O2S/c1-11(2)12-7-3-5-9-14(12)17-16-13-8-4-6-10-15(13)21(19,20)18-16/h3-10H,1H2,2H3,(H,17,18). The summed E-state index contributed by atoms with van der Waals surface area (Å²) in [5, 5.41) is 3.11. The molecule has 0 aromatic heterocycles. The number of allylic oxidation sites excluding steroid dienone is 1. The van der Waals surface area contributed by atoms with Crippen LogP contribution in [0.5, 0.6) is 0 Å². The van der Waals surface area contributed by atoms with Crippen molar-refractivity contribution >= 4 is 27.1 Å². The Balaban J connectivity index is 2.07. The fourth-order valence-electron chi connectivity index (χ4n) is 2.29. The van der Waals surface area contributed by atoms with E-state index < -0.39 is 10.0 Å². The SMILES string of the molecule is C=C(C)c1ccccc1NC1=NS(=O)(=O)c2ccccc21. The zero-order valence-electron chi connectivity index (χ0n) is 11.5.